The largest absolute Gasteiger partial charge is 0.472 e. The Morgan fingerprint density at radius 3 is 0.772 bits per heavy atom. The highest BCUT2D eigenvalue weighted by molar-refractivity contribution is 7.47. The maximum absolute atomic E-state index is 13.1. The summed E-state index contributed by atoms with van der Waals surface area (Å²) < 4.78 is 68.3. The minimum absolute atomic E-state index is 0.103. The summed E-state index contributed by atoms with van der Waals surface area (Å²) in [5.41, 5.74) is 0. The van der Waals surface area contributed by atoms with Crippen molar-refractivity contribution in [1.29, 1.82) is 0 Å². The molecule has 0 saturated carbocycles. The minimum Gasteiger partial charge on any atom is -0.462 e. The van der Waals surface area contributed by atoms with Crippen LogP contribution in [0.15, 0.2) is 0 Å². The summed E-state index contributed by atoms with van der Waals surface area (Å²) in [6.45, 7) is 7.21. The van der Waals surface area contributed by atoms with E-state index in [0.29, 0.717) is 25.7 Å². The molecule has 0 bridgehead atoms. The number of phosphoric acid groups is 2. The third-order valence-corrected chi connectivity index (χ3v) is 19.3. The van der Waals surface area contributed by atoms with Gasteiger partial charge < -0.3 is 33.8 Å². The van der Waals surface area contributed by atoms with Gasteiger partial charge in [-0.15, -0.1) is 0 Å². The minimum atomic E-state index is -4.95. The Labute approximate surface area is 562 Å². The number of aliphatic hydroxyl groups is 1. The lowest BCUT2D eigenvalue weighted by Gasteiger charge is -2.21. The smallest absolute Gasteiger partial charge is 0.462 e. The van der Waals surface area contributed by atoms with Gasteiger partial charge in [-0.2, -0.15) is 0 Å². The average Bonchev–Trinajstić information content (AvgIpc) is 1.69. The molecular weight excluding hydrogens is 1210 g/mol. The van der Waals surface area contributed by atoms with Gasteiger partial charge in [0, 0.05) is 25.7 Å². The van der Waals surface area contributed by atoms with Crippen molar-refractivity contribution in [3.8, 4) is 0 Å². The second-order valence-corrected chi connectivity index (χ2v) is 29.5. The van der Waals surface area contributed by atoms with Crippen molar-refractivity contribution in [1.82, 2.24) is 0 Å². The molecule has 0 aromatic heterocycles. The number of rotatable bonds is 73. The molecule has 19 heteroatoms. The molecule has 0 aliphatic rings. The maximum Gasteiger partial charge on any atom is 0.472 e. The molecule has 6 atom stereocenters. The second kappa shape index (κ2) is 66.3. The number of phosphoric ester groups is 2. The quantitative estimate of drug-likeness (QED) is 0.0222. The summed E-state index contributed by atoms with van der Waals surface area (Å²) in [7, 11) is -9.90. The van der Waals surface area contributed by atoms with E-state index in [1.165, 1.54) is 205 Å². The van der Waals surface area contributed by atoms with Gasteiger partial charge in [-0.1, -0.05) is 330 Å². The molecular formula is C73H142O17P2. The van der Waals surface area contributed by atoms with Gasteiger partial charge in [0.25, 0.3) is 0 Å². The van der Waals surface area contributed by atoms with Crippen LogP contribution in [0.2, 0.25) is 0 Å². The molecule has 0 rings (SSSR count). The van der Waals surface area contributed by atoms with Crippen LogP contribution in [-0.2, 0) is 65.4 Å². The Bertz CT molecular complexity index is 1770. The molecule has 0 saturated heterocycles. The Hall–Kier alpha value is -1.94. The van der Waals surface area contributed by atoms with Gasteiger partial charge in [-0.25, -0.2) is 9.13 Å². The number of hydrogen-bond acceptors (Lipinski definition) is 15. The lowest BCUT2D eigenvalue weighted by atomic mass is 10.00. The van der Waals surface area contributed by atoms with Crippen molar-refractivity contribution in [3.63, 3.8) is 0 Å². The molecule has 0 aromatic rings. The molecule has 0 spiro atoms. The predicted molar refractivity (Wildman–Crippen MR) is 372 cm³/mol. The van der Waals surface area contributed by atoms with E-state index in [0.717, 1.165) is 95.8 Å². The van der Waals surface area contributed by atoms with Crippen LogP contribution in [0.4, 0.5) is 0 Å². The molecule has 3 N–H and O–H groups in total. The monoisotopic (exact) mass is 1350 g/mol. The molecule has 0 aliphatic heterocycles. The molecule has 3 unspecified atom stereocenters. The lowest BCUT2D eigenvalue weighted by molar-refractivity contribution is -0.161. The molecule has 0 aliphatic carbocycles. The van der Waals surface area contributed by atoms with Crippen LogP contribution in [0.3, 0.4) is 0 Å². The van der Waals surface area contributed by atoms with Crippen LogP contribution < -0.4 is 0 Å². The van der Waals surface area contributed by atoms with E-state index in [9.17, 15) is 43.2 Å². The molecule has 17 nitrogen and oxygen atoms in total. The molecule has 0 amide bonds. The highest BCUT2D eigenvalue weighted by atomic mass is 31.2. The standard InChI is InChI=1S/C73H142O17P2/c1-6-10-13-16-19-22-24-26-28-29-30-31-32-34-36-39-42-48-53-58-72(77)89-68(62-84-71(76)57-52-47-41-38-35-33-27-25-23-20-17-14-11-7-2)64-87-91(79,80)85-60-67(74)61-86-92(81,82)88-65-69(63-83-70(75)56-51-46-40-37-21-18-15-12-8-3)90-73(78)59-54-49-44-43-45-50-55-66(5)9-4/h66-69,74H,6-65H2,1-5H3,(H,79,80)(H,81,82)/t66?,67-,68-,69-/m1/s1. The zero-order valence-corrected chi connectivity index (χ0v) is 61.5. The molecule has 546 valence electrons. The van der Waals surface area contributed by atoms with Gasteiger partial charge in [0.15, 0.2) is 12.2 Å². The third kappa shape index (κ3) is 65.4. The molecule has 0 fully saturated rings. The number of hydrogen-bond donors (Lipinski definition) is 3. The number of unbranched alkanes of at least 4 members (excludes halogenated alkanes) is 44. The van der Waals surface area contributed by atoms with Crippen LogP contribution in [0.25, 0.3) is 0 Å². The Morgan fingerprint density at radius 1 is 0.304 bits per heavy atom. The summed E-state index contributed by atoms with van der Waals surface area (Å²) >= 11 is 0. The first-order chi connectivity index (χ1) is 44.6. The van der Waals surface area contributed by atoms with Crippen molar-refractivity contribution >= 4 is 39.5 Å². The maximum atomic E-state index is 13.1. The van der Waals surface area contributed by atoms with Crippen LogP contribution >= 0.6 is 15.6 Å². The molecule has 0 heterocycles. The molecule has 92 heavy (non-hydrogen) atoms. The van der Waals surface area contributed by atoms with Gasteiger partial charge in [0.05, 0.1) is 26.4 Å². The molecule has 0 aromatic carbocycles. The predicted octanol–water partition coefficient (Wildman–Crippen LogP) is 21.3. The number of carbonyl (C=O) groups is 4. The summed E-state index contributed by atoms with van der Waals surface area (Å²) in [6.07, 6.45) is 54.2. The SMILES string of the molecule is CCCCCCCCCCCCCCCCCCCCCC(=O)O[C@H](COC(=O)CCCCCCCCCCCCCCCC)COP(=O)(O)OC[C@@H](O)COP(=O)(O)OC[C@@H](COC(=O)CCCCCCCCCCC)OC(=O)CCCCCCCCC(C)CC. The highest BCUT2D eigenvalue weighted by Crippen LogP contribution is 2.45. The van der Waals surface area contributed by atoms with Crippen LogP contribution in [-0.4, -0.2) is 96.7 Å². The Morgan fingerprint density at radius 2 is 0.522 bits per heavy atom. The number of esters is 4. The van der Waals surface area contributed by atoms with Crippen LogP contribution in [0, 0.1) is 5.92 Å². The van der Waals surface area contributed by atoms with Gasteiger partial charge in [0.2, 0.25) is 0 Å². The van der Waals surface area contributed by atoms with E-state index < -0.39 is 97.5 Å². The van der Waals surface area contributed by atoms with Gasteiger partial charge >= 0.3 is 39.5 Å². The number of ether oxygens (including phenoxy) is 4. The normalized spacial score (nSPS) is 14.3. The zero-order chi connectivity index (χ0) is 67.7. The first-order valence-electron chi connectivity index (χ1n) is 38.2. The van der Waals surface area contributed by atoms with Crippen molar-refractivity contribution in [2.75, 3.05) is 39.6 Å². The van der Waals surface area contributed by atoms with Crippen molar-refractivity contribution in [2.24, 2.45) is 5.92 Å². The van der Waals surface area contributed by atoms with E-state index in [1.54, 1.807) is 0 Å². The van der Waals surface area contributed by atoms with Crippen molar-refractivity contribution < 1.29 is 80.2 Å². The van der Waals surface area contributed by atoms with Crippen molar-refractivity contribution in [3.05, 3.63) is 0 Å². The first kappa shape index (κ1) is 90.1. The van der Waals surface area contributed by atoms with Gasteiger partial charge in [0.1, 0.15) is 19.3 Å². The van der Waals surface area contributed by atoms with E-state index in [-0.39, 0.29) is 25.7 Å². The third-order valence-electron chi connectivity index (χ3n) is 17.4. The Balaban J connectivity index is 5.20. The van der Waals surface area contributed by atoms with Crippen molar-refractivity contribution in [2.45, 2.75) is 400 Å². The van der Waals surface area contributed by atoms with E-state index in [1.807, 2.05) is 0 Å². The topological polar surface area (TPSA) is 237 Å². The fraction of sp³-hybridized carbons (Fsp3) is 0.945. The summed E-state index contributed by atoms with van der Waals surface area (Å²) in [4.78, 5) is 72.6. The first-order valence-corrected chi connectivity index (χ1v) is 41.2. The molecule has 0 radical (unpaired) electrons. The number of aliphatic hydroxyl groups excluding tert-OH is 1. The second-order valence-electron chi connectivity index (χ2n) is 26.6. The fourth-order valence-electron chi connectivity index (χ4n) is 11.1. The van der Waals surface area contributed by atoms with Crippen LogP contribution in [0.5, 0.6) is 0 Å². The number of carbonyl (C=O) groups excluding carboxylic acids is 4. The highest BCUT2D eigenvalue weighted by Gasteiger charge is 2.30. The average molecular weight is 1350 g/mol. The summed E-state index contributed by atoms with van der Waals surface area (Å²) in [6, 6.07) is 0. The zero-order valence-electron chi connectivity index (χ0n) is 59.7. The fourth-order valence-corrected chi connectivity index (χ4v) is 12.7. The van der Waals surface area contributed by atoms with Crippen LogP contribution in [0.1, 0.15) is 381 Å². The van der Waals surface area contributed by atoms with Gasteiger partial charge in [-0.3, -0.25) is 37.3 Å². The van der Waals surface area contributed by atoms with Gasteiger partial charge in [-0.05, 0) is 31.6 Å². The summed E-state index contributed by atoms with van der Waals surface area (Å²) in [5, 5.41) is 10.6. The van der Waals surface area contributed by atoms with E-state index >= 15 is 0 Å². The van der Waals surface area contributed by atoms with E-state index in [2.05, 4.69) is 34.6 Å². The lowest BCUT2D eigenvalue weighted by Crippen LogP contribution is -2.30. The van der Waals surface area contributed by atoms with E-state index in [4.69, 9.17) is 37.0 Å². The summed E-state index contributed by atoms with van der Waals surface area (Å²) in [5.74, 6) is -1.40. The Kier molecular flexibility index (Phi) is 64.9.